The predicted molar refractivity (Wildman–Crippen MR) is 150 cm³/mol. The summed E-state index contributed by atoms with van der Waals surface area (Å²) in [6.07, 6.45) is 2.32. The summed E-state index contributed by atoms with van der Waals surface area (Å²) >= 11 is 0. The number of nitrogens with one attached hydrogen (secondary N) is 2. The van der Waals surface area contributed by atoms with E-state index in [4.69, 9.17) is 0 Å². The SMILES string of the molecule is Cc1ccc(C(=O)Nc2cc(-n3ccnc3)cc(C(F)(F)F)c2)cc1C#Cc1cnc(NC(=O)c2ccc(F)cc2)cn1. The number of rotatable bonds is 5. The molecule has 2 N–H and O–H groups in total. The number of carbonyl (C=O) groups is 2. The molecule has 0 saturated carbocycles. The van der Waals surface area contributed by atoms with Crippen molar-refractivity contribution in [2.45, 2.75) is 13.1 Å². The van der Waals surface area contributed by atoms with Crippen LogP contribution in [0.25, 0.3) is 5.69 Å². The second-order valence-corrected chi connectivity index (χ2v) is 9.22. The number of nitrogens with zero attached hydrogens (tertiary/aromatic N) is 4. The standard InChI is InChI=1S/C31H20F4N6O2/c1-19-2-3-22(30(43)39-26-13-23(31(33,34)35)14-27(15-26)41-11-10-36-18-41)12-21(19)6-9-25-16-38-28(17-37-25)40-29(42)20-4-7-24(32)8-5-20/h2-5,7-8,10-18H,1H3,(H,39,43)(H,38,40,42). The van der Waals surface area contributed by atoms with Crippen LogP contribution in [0.5, 0.6) is 0 Å². The second-order valence-electron chi connectivity index (χ2n) is 9.22. The molecule has 2 amide bonds. The van der Waals surface area contributed by atoms with Crippen LogP contribution in [0.1, 0.15) is 43.1 Å². The van der Waals surface area contributed by atoms with Gasteiger partial charge >= 0.3 is 6.18 Å². The molecule has 0 aliphatic rings. The van der Waals surface area contributed by atoms with E-state index < -0.39 is 29.4 Å². The number of halogens is 4. The summed E-state index contributed by atoms with van der Waals surface area (Å²) in [5.74, 6) is 4.36. The fourth-order valence-electron chi connectivity index (χ4n) is 3.89. The van der Waals surface area contributed by atoms with Gasteiger partial charge in [0.25, 0.3) is 11.8 Å². The van der Waals surface area contributed by atoms with Crippen LogP contribution in [0.4, 0.5) is 29.1 Å². The Morgan fingerprint density at radius 3 is 2.28 bits per heavy atom. The molecule has 0 fully saturated rings. The lowest BCUT2D eigenvalue weighted by Crippen LogP contribution is -2.14. The highest BCUT2D eigenvalue weighted by atomic mass is 19.4. The summed E-state index contributed by atoms with van der Waals surface area (Å²) < 4.78 is 55.1. The number of hydrogen-bond donors (Lipinski definition) is 2. The largest absolute Gasteiger partial charge is 0.416 e. The number of imidazole rings is 1. The molecule has 5 rings (SSSR count). The minimum absolute atomic E-state index is 0.0429. The van der Waals surface area contributed by atoms with Crippen molar-refractivity contribution >= 4 is 23.3 Å². The lowest BCUT2D eigenvalue weighted by Gasteiger charge is -2.14. The van der Waals surface area contributed by atoms with Gasteiger partial charge in [-0.05, 0) is 73.0 Å². The third-order valence-electron chi connectivity index (χ3n) is 6.13. The molecular weight excluding hydrogens is 564 g/mol. The zero-order valence-electron chi connectivity index (χ0n) is 22.3. The Morgan fingerprint density at radius 1 is 0.860 bits per heavy atom. The van der Waals surface area contributed by atoms with Crippen LogP contribution < -0.4 is 10.6 Å². The van der Waals surface area contributed by atoms with E-state index in [2.05, 4.69) is 37.4 Å². The Morgan fingerprint density at radius 2 is 1.60 bits per heavy atom. The molecule has 43 heavy (non-hydrogen) atoms. The third kappa shape index (κ3) is 7.09. The quantitative estimate of drug-likeness (QED) is 0.194. The first kappa shape index (κ1) is 28.7. The highest BCUT2D eigenvalue weighted by Crippen LogP contribution is 2.33. The maximum Gasteiger partial charge on any atom is 0.416 e. The molecule has 12 heteroatoms. The van der Waals surface area contributed by atoms with E-state index in [1.807, 2.05) is 0 Å². The summed E-state index contributed by atoms with van der Waals surface area (Å²) in [6.45, 7) is 1.79. The predicted octanol–water partition coefficient (Wildman–Crippen LogP) is 6.03. The Labute approximate surface area is 242 Å². The molecule has 0 saturated heterocycles. The fourth-order valence-corrected chi connectivity index (χ4v) is 3.89. The van der Waals surface area contributed by atoms with Gasteiger partial charge in [-0.2, -0.15) is 13.2 Å². The van der Waals surface area contributed by atoms with Crippen molar-refractivity contribution in [3.63, 3.8) is 0 Å². The van der Waals surface area contributed by atoms with E-state index in [1.165, 1.54) is 72.1 Å². The first-order chi connectivity index (χ1) is 20.5. The highest BCUT2D eigenvalue weighted by molar-refractivity contribution is 6.05. The van der Waals surface area contributed by atoms with E-state index in [9.17, 15) is 27.2 Å². The van der Waals surface area contributed by atoms with Crippen molar-refractivity contribution in [1.82, 2.24) is 19.5 Å². The first-order valence-corrected chi connectivity index (χ1v) is 12.6. The van der Waals surface area contributed by atoms with Crippen LogP contribution >= 0.6 is 0 Å². The summed E-state index contributed by atoms with van der Waals surface area (Å²) in [7, 11) is 0. The second kappa shape index (κ2) is 12.0. The summed E-state index contributed by atoms with van der Waals surface area (Å²) in [5.41, 5.74) is 1.17. The van der Waals surface area contributed by atoms with Crippen molar-refractivity contribution in [3.8, 4) is 17.5 Å². The van der Waals surface area contributed by atoms with Crippen LogP contribution in [0.15, 0.2) is 91.8 Å². The molecule has 0 atom stereocenters. The normalized spacial score (nSPS) is 10.9. The number of carbonyl (C=O) groups excluding carboxylic acids is 2. The summed E-state index contributed by atoms with van der Waals surface area (Å²) in [5, 5.41) is 5.09. The van der Waals surface area contributed by atoms with Gasteiger partial charge in [-0.1, -0.05) is 12.0 Å². The topological polar surface area (TPSA) is 102 Å². The Kier molecular flexibility index (Phi) is 7.98. The Balaban J connectivity index is 1.31. The number of aromatic nitrogens is 4. The average molecular weight is 585 g/mol. The van der Waals surface area contributed by atoms with Gasteiger partial charge in [0.05, 0.1) is 24.3 Å². The zero-order chi connectivity index (χ0) is 30.6. The molecule has 0 spiro atoms. The minimum Gasteiger partial charge on any atom is -0.322 e. The van der Waals surface area contributed by atoms with Gasteiger partial charge in [-0.15, -0.1) is 0 Å². The number of hydrogen-bond acceptors (Lipinski definition) is 5. The average Bonchev–Trinajstić information content (AvgIpc) is 3.52. The van der Waals surface area contributed by atoms with E-state index in [0.717, 1.165) is 17.7 Å². The van der Waals surface area contributed by atoms with Crippen LogP contribution in [-0.2, 0) is 6.18 Å². The maximum atomic E-state index is 13.5. The number of anilines is 2. The molecule has 0 bridgehead atoms. The molecule has 3 aromatic carbocycles. The van der Waals surface area contributed by atoms with Gasteiger partial charge in [-0.3, -0.25) is 9.59 Å². The van der Waals surface area contributed by atoms with E-state index >= 15 is 0 Å². The van der Waals surface area contributed by atoms with E-state index in [0.29, 0.717) is 5.56 Å². The fraction of sp³-hybridized carbons (Fsp3) is 0.0645. The van der Waals surface area contributed by atoms with Gasteiger partial charge in [0.1, 0.15) is 11.5 Å². The monoisotopic (exact) mass is 584 g/mol. The van der Waals surface area contributed by atoms with Crippen molar-refractivity contribution in [2.75, 3.05) is 10.6 Å². The number of alkyl halides is 3. The molecule has 0 radical (unpaired) electrons. The lowest BCUT2D eigenvalue weighted by atomic mass is 10.0. The highest BCUT2D eigenvalue weighted by Gasteiger charge is 2.31. The molecule has 2 aromatic heterocycles. The van der Waals surface area contributed by atoms with E-state index in [-0.39, 0.29) is 34.0 Å². The molecule has 5 aromatic rings. The summed E-state index contributed by atoms with van der Waals surface area (Å²) in [6, 6.07) is 13.0. The number of benzene rings is 3. The van der Waals surface area contributed by atoms with Crippen LogP contribution in [0.2, 0.25) is 0 Å². The molecule has 214 valence electrons. The zero-order valence-corrected chi connectivity index (χ0v) is 22.3. The van der Waals surface area contributed by atoms with Gasteiger partial charge in [0.15, 0.2) is 5.82 Å². The molecule has 0 unspecified atom stereocenters. The van der Waals surface area contributed by atoms with Crippen LogP contribution in [-0.4, -0.2) is 31.3 Å². The van der Waals surface area contributed by atoms with Gasteiger partial charge in [0.2, 0.25) is 0 Å². The van der Waals surface area contributed by atoms with Crippen molar-refractivity contribution in [1.29, 1.82) is 0 Å². The number of aryl methyl sites for hydroxylation is 1. The Hall–Kier alpha value is -5.83. The minimum atomic E-state index is -4.63. The molecule has 0 aliphatic heterocycles. The molecular formula is C31H20F4N6O2. The van der Waals surface area contributed by atoms with E-state index in [1.54, 1.807) is 19.1 Å². The number of amides is 2. The Bertz CT molecular complexity index is 1860. The lowest BCUT2D eigenvalue weighted by molar-refractivity contribution is -0.137. The maximum absolute atomic E-state index is 13.5. The smallest absolute Gasteiger partial charge is 0.322 e. The molecule has 8 nitrogen and oxygen atoms in total. The van der Waals surface area contributed by atoms with Gasteiger partial charge < -0.3 is 15.2 Å². The van der Waals surface area contributed by atoms with Crippen molar-refractivity contribution in [2.24, 2.45) is 0 Å². The van der Waals surface area contributed by atoms with Crippen molar-refractivity contribution < 1.29 is 27.2 Å². The van der Waals surface area contributed by atoms with Crippen LogP contribution in [0, 0.1) is 24.6 Å². The first-order valence-electron chi connectivity index (χ1n) is 12.6. The van der Waals surface area contributed by atoms with Crippen molar-refractivity contribution in [3.05, 3.63) is 131 Å². The van der Waals surface area contributed by atoms with Gasteiger partial charge in [0, 0.05) is 40.5 Å². The van der Waals surface area contributed by atoms with Gasteiger partial charge in [-0.25, -0.2) is 19.3 Å². The van der Waals surface area contributed by atoms with Crippen LogP contribution in [0.3, 0.4) is 0 Å². The molecule has 2 heterocycles. The summed E-state index contributed by atoms with van der Waals surface area (Å²) in [4.78, 5) is 37.4. The molecule has 0 aliphatic carbocycles. The third-order valence-corrected chi connectivity index (χ3v) is 6.13.